The number of nitrogens with zero attached hydrogens (tertiary/aromatic N) is 1. The number of benzene rings is 2. The molecule has 2 aromatic rings. The third-order valence-electron chi connectivity index (χ3n) is 4.03. The fourth-order valence-electron chi connectivity index (χ4n) is 2.62. The van der Waals surface area contributed by atoms with Crippen molar-refractivity contribution in [3.8, 4) is 11.5 Å². The summed E-state index contributed by atoms with van der Waals surface area (Å²) in [5.41, 5.74) is 1.17. The number of hydrogen-bond acceptors (Lipinski definition) is 6. The number of thiocarbonyl (C=S) groups is 1. The summed E-state index contributed by atoms with van der Waals surface area (Å²) in [7, 11) is 3.12. The molecule has 1 aliphatic heterocycles. The van der Waals surface area contributed by atoms with Gasteiger partial charge in [0.25, 0.3) is 11.8 Å². The number of thioether (sulfide) groups is 1. The molecule has 0 aromatic heterocycles. The summed E-state index contributed by atoms with van der Waals surface area (Å²) in [6.45, 7) is -0.271. The highest BCUT2D eigenvalue weighted by Gasteiger charge is 2.28. The summed E-state index contributed by atoms with van der Waals surface area (Å²) < 4.78 is 12.1. The molecule has 0 atom stereocenters. The minimum absolute atomic E-state index is 0.164. The standard InChI is InChI=1S/C20H15BrCl2N2O4S2/c1-25-19(27)16(31-20(25)30)5-10-3-14(21)18(15(4-10)28-2)29-9-17(26)24-13-7-11(22)6-12(23)8-13/h3-8H,9H2,1-2H3,(H,24,26)/b16-5-. The molecule has 1 saturated heterocycles. The molecular formula is C20H15BrCl2N2O4S2. The first-order chi connectivity index (χ1) is 14.7. The third-order valence-corrected chi connectivity index (χ3v) is 6.54. The molecule has 162 valence electrons. The molecule has 0 aliphatic carbocycles. The van der Waals surface area contributed by atoms with Gasteiger partial charge >= 0.3 is 0 Å². The Morgan fingerprint density at radius 1 is 1.26 bits per heavy atom. The first kappa shape index (κ1) is 23.9. The van der Waals surface area contributed by atoms with E-state index in [2.05, 4.69) is 21.2 Å². The van der Waals surface area contributed by atoms with Crippen LogP contribution in [0.2, 0.25) is 10.0 Å². The topological polar surface area (TPSA) is 67.9 Å². The van der Waals surface area contributed by atoms with Crippen LogP contribution in [-0.2, 0) is 9.59 Å². The zero-order valence-electron chi connectivity index (χ0n) is 16.2. The summed E-state index contributed by atoms with van der Waals surface area (Å²) in [6, 6.07) is 8.19. The Balaban J connectivity index is 1.74. The van der Waals surface area contributed by atoms with Crippen LogP contribution < -0.4 is 14.8 Å². The molecular weight excluding hydrogens is 547 g/mol. The van der Waals surface area contributed by atoms with E-state index >= 15 is 0 Å². The quantitative estimate of drug-likeness (QED) is 0.365. The van der Waals surface area contributed by atoms with Gasteiger partial charge in [-0.3, -0.25) is 14.5 Å². The van der Waals surface area contributed by atoms with E-state index in [1.165, 1.54) is 23.8 Å². The van der Waals surface area contributed by atoms with Crippen LogP contribution in [0.25, 0.3) is 6.08 Å². The van der Waals surface area contributed by atoms with Gasteiger partial charge in [0.1, 0.15) is 4.32 Å². The van der Waals surface area contributed by atoms with Crippen molar-refractivity contribution in [2.45, 2.75) is 0 Å². The van der Waals surface area contributed by atoms with Crippen molar-refractivity contribution in [3.63, 3.8) is 0 Å². The molecule has 6 nitrogen and oxygen atoms in total. The second-order valence-corrected chi connectivity index (χ2v) is 9.67. The van der Waals surface area contributed by atoms with Gasteiger partial charge in [0, 0.05) is 22.8 Å². The molecule has 0 bridgehead atoms. The lowest BCUT2D eigenvalue weighted by atomic mass is 10.2. The number of rotatable bonds is 6. The Bertz CT molecular complexity index is 1090. The van der Waals surface area contributed by atoms with Crippen LogP contribution >= 0.6 is 63.1 Å². The highest BCUT2D eigenvalue weighted by atomic mass is 79.9. The summed E-state index contributed by atoms with van der Waals surface area (Å²) in [5, 5.41) is 3.48. The Morgan fingerprint density at radius 3 is 2.52 bits per heavy atom. The normalized spacial score (nSPS) is 14.9. The van der Waals surface area contributed by atoms with E-state index in [9.17, 15) is 9.59 Å². The van der Waals surface area contributed by atoms with E-state index in [-0.39, 0.29) is 12.5 Å². The largest absolute Gasteiger partial charge is 0.493 e. The van der Waals surface area contributed by atoms with Gasteiger partial charge in [-0.15, -0.1) is 0 Å². The summed E-state index contributed by atoms with van der Waals surface area (Å²) in [6.07, 6.45) is 1.72. The highest BCUT2D eigenvalue weighted by molar-refractivity contribution is 9.10. The Labute approximate surface area is 207 Å². The van der Waals surface area contributed by atoms with Gasteiger partial charge in [0.05, 0.1) is 16.5 Å². The van der Waals surface area contributed by atoms with Gasteiger partial charge in [0.2, 0.25) is 0 Å². The zero-order valence-corrected chi connectivity index (χ0v) is 20.9. The molecule has 0 spiro atoms. The summed E-state index contributed by atoms with van der Waals surface area (Å²) >= 11 is 21.7. The van der Waals surface area contributed by atoms with Crippen molar-refractivity contribution in [2.75, 3.05) is 26.1 Å². The van der Waals surface area contributed by atoms with Crippen LogP contribution in [0.3, 0.4) is 0 Å². The van der Waals surface area contributed by atoms with Gasteiger partial charge in [-0.1, -0.05) is 47.2 Å². The van der Waals surface area contributed by atoms with Crippen LogP contribution in [-0.4, -0.2) is 41.8 Å². The van der Waals surface area contributed by atoms with Crippen LogP contribution in [0.4, 0.5) is 5.69 Å². The van der Waals surface area contributed by atoms with Gasteiger partial charge in [-0.2, -0.15) is 0 Å². The molecule has 2 aromatic carbocycles. The smallest absolute Gasteiger partial charge is 0.265 e. The predicted molar refractivity (Wildman–Crippen MR) is 132 cm³/mol. The first-order valence-corrected chi connectivity index (χ1v) is 11.4. The number of carbonyl (C=O) groups excluding carboxylic acids is 2. The van der Waals surface area contributed by atoms with E-state index < -0.39 is 5.91 Å². The molecule has 0 unspecified atom stereocenters. The number of methoxy groups -OCH3 is 1. The van der Waals surface area contributed by atoms with Crippen molar-refractivity contribution < 1.29 is 19.1 Å². The molecule has 1 heterocycles. The lowest BCUT2D eigenvalue weighted by Crippen LogP contribution is -2.22. The van der Waals surface area contributed by atoms with Crippen LogP contribution in [0, 0.1) is 0 Å². The van der Waals surface area contributed by atoms with Gasteiger partial charge in [-0.05, 0) is 57.9 Å². The maximum absolute atomic E-state index is 12.3. The zero-order chi connectivity index (χ0) is 22.7. The van der Waals surface area contributed by atoms with Gasteiger partial charge in [0.15, 0.2) is 18.1 Å². The number of amides is 2. The molecule has 2 amide bonds. The predicted octanol–water partition coefficient (Wildman–Crippen LogP) is 5.61. The third kappa shape index (κ3) is 5.93. The van der Waals surface area contributed by atoms with Gasteiger partial charge < -0.3 is 14.8 Å². The fraction of sp³-hybridized carbons (Fsp3) is 0.150. The lowest BCUT2D eigenvalue weighted by Gasteiger charge is -2.14. The number of ether oxygens (including phenoxy) is 2. The summed E-state index contributed by atoms with van der Waals surface area (Å²) in [5.74, 6) is 0.180. The molecule has 31 heavy (non-hydrogen) atoms. The minimum Gasteiger partial charge on any atom is -0.493 e. The number of anilines is 1. The van der Waals surface area contributed by atoms with Crippen molar-refractivity contribution >= 4 is 91.0 Å². The lowest BCUT2D eigenvalue weighted by molar-refractivity contribution is -0.121. The van der Waals surface area contributed by atoms with Crippen molar-refractivity contribution in [2.24, 2.45) is 0 Å². The number of halogens is 3. The molecule has 1 aliphatic rings. The number of hydrogen-bond donors (Lipinski definition) is 1. The second-order valence-electron chi connectivity index (χ2n) is 6.27. The highest BCUT2D eigenvalue weighted by Crippen LogP contribution is 2.39. The molecule has 0 saturated carbocycles. The van der Waals surface area contributed by atoms with Crippen molar-refractivity contribution in [3.05, 3.63) is 55.3 Å². The molecule has 3 rings (SSSR count). The minimum atomic E-state index is -0.400. The van der Waals surface area contributed by atoms with E-state index in [1.54, 1.807) is 43.5 Å². The van der Waals surface area contributed by atoms with Crippen LogP contribution in [0.1, 0.15) is 5.56 Å². The van der Waals surface area contributed by atoms with E-state index in [0.29, 0.717) is 46.5 Å². The Morgan fingerprint density at radius 2 is 1.94 bits per heavy atom. The maximum Gasteiger partial charge on any atom is 0.265 e. The number of likely N-dealkylation sites (N-methyl/N-ethyl adjacent to an activating group) is 1. The van der Waals surface area contributed by atoms with E-state index in [4.69, 9.17) is 44.9 Å². The van der Waals surface area contributed by atoms with Crippen molar-refractivity contribution in [1.82, 2.24) is 4.90 Å². The van der Waals surface area contributed by atoms with E-state index in [0.717, 1.165) is 0 Å². The Hall–Kier alpha value is -1.78. The van der Waals surface area contributed by atoms with E-state index in [1.807, 2.05) is 0 Å². The monoisotopic (exact) mass is 560 g/mol. The average molecular weight is 562 g/mol. The maximum atomic E-state index is 12.3. The number of nitrogens with one attached hydrogen (secondary N) is 1. The van der Waals surface area contributed by atoms with Gasteiger partial charge in [-0.25, -0.2) is 0 Å². The SMILES string of the molecule is COc1cc(/C=C2\SC(=S)N(C)C2=O)cc(Br)c1OCC(=O)Nc1cc(Cl)cc(Cl)c1. The fourth-order valence-corrected chi connectivity index (χ4v) is 4.90. The number of carbonyl (C=O) groups is 2. The second kappa shape index (κ2) is 10.2. The van der Waals surface area contributed by atoms with Crippen LogP contribution in [0.15, 0.2) is 39.7 Å². The molecule has 11 heteroatoms. The Kier molecular flexibility index (Phi) is 7.87. The first-order valence-electron chi connectivity index (χ1n) is 8.65. The average Bonchev–Trinajstić information content (AvgIpc) is 2.92. The molecule has 0 radical (unpaired) electrons. The van der Waals surface area contributed by atoms with Crippen LogP contribution in [0.5, 0.6) is 11.5 Å². The molecule has 1 N–H and O–H groups in total. The van der Waals surface area contributed by atoms with Crippen molar-refractivity contribution in [1.29, 1.82) is 0 Å². The summed E-state index contributed by atoms with van der Waals surface area (Å²) in [4.78, 5) is 26.4. The molecule has 1 fully saturated rings.